The Labute approximate surface area is 127 Å². The highest BCUT2D eigenvalue weighted by atomic mass is 16.3. The van der Waals surface area contributed by atoms with Gasteiger partial charge in [-0.2, -0.15) is 0 Å². The number of benzene rings is 2. The van der Waals surface area contributed by atoms with E-state index >= 15 is 0 Å². The molecule has 3 aromatic rings. The number of nitrogens with two attached hydrogens (primary N) is 1. The van der Waals surface area contributed by atoms with Crippen LogP contribution in [-0.2, 0) is 0 Å². The molecule has 0 aliphatic heterocycles. The highest BCUT2D eigenvalue weighted by Crippen LogP contribution is 2.26. The zero-order valence-electron chi connectivity index (χ0n) is 11.7. The Bertz CT molecular complexity index is 812. The fourth-order valence-electron chi connectivity index (χ4n) is 2.27. The van der Waals surface area contributed by atoms with E-state index in [-0.39, 0.29) is 5.75 Å². The van der Waals surface area contributed by atoms with Crippen LogP contribution in [0.2, 0.25) is 0 Å². The van der Waals surface area contributed by atoms with Gasteiger partial charge in [0.2, 0.25) is 0 Å². The van der Waals surface area contributed by atoms with Crippen molar-refractivity contribution in [2.24, 2.45) is 5.73 Å². The van der Waals surface area contributed by atoms with E-state index in [4.69, 9.17) is 5.73 Å². The zero-order valence-corrected chi connectivity index (χ0v) is 11.7. The number of phenols is 1. The van der Waals surface area contributed by atoms with E-state index in [9.17, 15) is 9.90 Å². The van der Waals surface area contributed by atoms with Crippen molar-refractivity contribution in [1.29, 1.82) is 0 Å². The second-order valence-corrected chi connectivity index (χ2v) is 4.87. The van der Waals surface area contributed by atoms with Crippen molar-refractivity contribution in [3.05, 3.63) is 72.3 Å². The largest absolute Gasteiger partial charge is 0.508 e. The quantitative estimate of drug-likeness (QED) is 0.777. The number of pyridine rings is 1. The van der Waals surface area contributed by atoms with Gasteiger partial charge in [0.15, 0.2) is 0 Å². The number of carbonyl (C=O) groups excluding carboxylic acids is 1. The molecule has 0 bridgehead atoms. The molecule has 0 radical (unpaired) electrons. The maximum absolute atomic E-state index is 11.6. The lowest BCUT2D eigenvalue weighted by atomic mass is 10.0. The second-order valence-electron chi connectivity index (χ2n) is 4.87. The summed E-state index contributed by atoms with van der Waals surface area (Å²) < 4.78 is 0. The lowest BCUT2D eigenvalue weighted by molar-refractivity contribution is 0.100. The van der Waals surface area contributed by atoms with Gasteiger partial charge in [-0.15, -0.1) is 0 Å². The number of nitrogens with zero attached hydrogens (tertiary/aromatic N) is 1. The van der Waals surface area contributed by atoms with Crippen molar-refractivity contribution in [3.8, 4) is 28.3 Å². The summed E-state index contributed by atoms with van der Waals surface area (Å²) in [7, 11) is 0. The van der Waals surface area contributed by atoms with E-state index in [0.717, 1.165) is 11.1 Å². The number of hydrogen-bond donors (Lipinski definition) is 2. The first-order valence-electron chi connectivity index (χ1n) is 6.81. The number of rotatable bonds is 3. The standard InChI is InChI=1S/C18H14N2O2/c19-18(22)15-10-11-16(12-6-8-14(21)9-7-12)20-17(15)13-4-2-1-3-5-13/h1-11,21H,(H2,19,22). The third-order valence-electron chi connectivity index (χ3n) is 3.37. The molecule has 0 fully saturated rings. The summed E-state index contributed by atoms with van der Waals surface area (Å²) >= 11 is 0. The number of amides is 1. The van der Waals surface area contributed by atoms with Gasteiger partial charge < -0.3 is 10.8 Å². The molecular weight excluding hydrogens is 276 g/mol. The van der Waals surface area contributed by atoms with E-state index < -0.39 is 5.91 Å². The third-order valence-corrected chi connectivity index (χ3v) is 3.37. The molecule has 0 saturated carbocycles. The predicted molar refractivity (Wildman–Crippen MR) is 85.3 cm³/mol. The smallest absolute Gasteiger partial charge is 0.250 e. The van der Waals surface area contributed by atoms with Crippen LogP contribution in [0.15, 0.2) is 66.7 Å². The topological polar surface area (TPSA) is 76.2 Å². The van der Waals surface area contributed by atoms with Crippen LogP contribution in [0.1, 0.15) is 10.4 Å². The molecule has 2 aromatic carbocycles. The Kier molecular flexibility index (Phi) is 3.58. The van der Waals surface area contributed by atoms with E-state index in [2.05, 4.69) is 4.98 Å². The Hall–Kier alpha value is -3.14. The molecule has 108 valence electrons. The van der Waals surface area contributed by atoms with Gasteiger partial charge >= 0.3 is 0 Å². The first-order chi connectivity index (χ1) is 10.6. The Balaban J connectivity index is 2.16. The van der Waals surface area contributed by atoms with E-state index in [0.29, 0.717) is 17.0 Å². The molecule has 0 unspecified atom stereocenters. The number of carbonyl (C=O) groups is 1. The molecule has 0 spiro atoms. The summed E-state index contributed by atoms with van der Waals surface area (Å²) in [6.45, 7) is 0. The number of aromatic hydroxyl groups is 1. The van der Waals surface area contributed by atoms with Gasteiger partial charge in [-0.25, -0.2) is 4.98 Å². The molecule has 3 rings (SSSR count). The molecule has 0 aliphatic rings. The first kappa shape index (κ1) is 13.8. The van der Waals surface area contributed by atoms with Crippen molar-refractivity contribution in [1.82, 2.24) is 4.98 Å². The lowest BCUT2D eigenvalue weighted by Gasteiger charge is -2.09. The Morgan fingerprint density at radius 2 is 1.55 bits per heavy atom. The van der Waals surface area contributed by atoms with Gasteiger partial charge in [-0.1, -0.05) is 30.3 Å². The van der Waals surface area contributed by atoms with Gasteiger partial charge in [0.1, 0.15) is 5.75 Å². The minimum absolute atomic E-state index is 0.195. The van der Waals surface area contributed by atoms with Gasteiger partial charge in [0, 0.05) is 11.1 Å². The number of hydrogen-bond acceptors (Lipinski definition) is 3. The van der Waals surface area contributed by atoms with Gasteiger partial charge in [-0.3, -0.25) is 4.79 Å². The number of aromatic nitrogens is 1. The van der Waals surface area contributed by atoms with Crippen LogP contribution in [0.3, 0.4) is 0 Å². The number of primary amides is 1. The van der Waals surface area contributed by atoms with Crippen LogP contribution in [0.25, 0.3) is 22.5 Å². The minimum Gasteiger partial charge on any atom is -0.508 e. The predicted octanol–water partition coefficient (Wildman–Crippen LogP) is 3.22. The van der Waals surface area contributed by atoms with E-state index in [1.54, 1.807) is 36.4 Å². The summed E-state index contributed by atoms with van der Waals surface area (Å²) in [5, 5.41) is 9.37. The highest BCUT2D eigenvalue weighted by molar-refractivity contribution is 5.99. The molecule has 22 heavy (non-hydrogen) atoms. The summed E-state index contributed by atoms with van der Waals surface area (Å²) in [5.74, 6) is -0.315. The van der Waals surface area contributed by atoms with Gasteiger partial charge in [0.05, 0.1) is 17.0 Å². The van der Waals surface area contributed by atoms with Crippen LogP contribution < -0.4 is 5.73 Å². The maximum Gasteiger partial charge on any atom is 0.250 e. The highest BCUT2D eigenvalue weighted by Gasteiger charge is 2.13. The lowest BCUT2D eigenvalue weighted by Crippen LogP contribution is -2.13. The fourth-order valence-corrected chi connectivity index (χ4v) is 2.27. The third kappa shape index (κ3) is 2.67. The van der Waals surface area contributed by atoms with Gasteiger partial charge in [-0.05, 0) is 36.4 Å². The van der Waals surface area contributed by atoms with Crippen LogP contribution in [-0.4, -0.2) is 16.0 Å². The summed E-state index contributed by atoms with van der Waals surface area (Å²) in [4.78, 5) is 16.2. The molecule has 4 heteroatoms. The summed E-state index contributed by atoms with van der Waals surface area (Å²) in [5.41, 5.74) is 8.78. The molecule has 1 aromatic heterocycles. The Morgan fingerprint density at radius 3 is 2.18 bits per heavy atom. The number of phenolic OH excluding ortho intramolecular Hbond substituents is 1. The molecule has 1 heterocycles. The SMILES string of the molecule is NC(=O)c1ccc(-c2ccc(O)cc2)nc1-c1ccccc1. The monoisotopic (exact) mass is 290 g/mol. The zero-order chi connectivity index (χ0) is 15.5. The van der Waals surface area contributed by atoms with Gasteiger partial charge in [0.25, 0.3) is 5.91 Å². The van der Waals surface area contributed by atoms with Crippen LogP contribution in [0.5, 0.6) is 5.75 Å². The van der Waals surface area contributed by atoms with Crippen molar-refractivity contribution in [2.45, 2.75) is 0 Å². The summed E-state index contributed by atoms with van der Waals surface area (Å²) in [6, 6.07) is 19.6. The Morgan fingerprint density at radius 1 is 0.864 bits per heavy atom. The molecule has 3 N–H and O–H groups in total. The first-order valence-corrected chi connectivity index (χ1v) is 6.81. The van der Waals surface area contributed by atoms with Crippen molar-refractivity contribution in [3.63, 3.8) is 0 Å². The molecular formula is C18H14N2O2. The van der Waals surface area contributed by atoms with Crippen molar-refractivity contribution >= 4 is 5.91 Å². The van der Waals surface area contributed by atoms with Crippen molar-refractivity contribution < 1.29 is 9.90 Å². The molecule has 0 aliphatic carbocycles. The average Bonchev–Trinajstić information content (AvgIpc) is 2.56. The van der Waals surface area contributed by atoms with Crippen LogP contribution in [0.4, 0.5) is 0 Å². The summed E-state index contributed by atoms with van der Waals surface area (Å²) in [6.07, 6.45) is 0. The van der Waals surface area contributed by atoms with Crippen LogP contribution >= 0.6 is 0 Å². The fraction of sp³-hybridized carbons (Fsp3) is 0. The molecule has 0 atom stereocenters. The van der Waals surface area contributed by atoms with E-state index in [1.165, 1.54) is 0 Å². The average molecular weight is 290 g/mol. The molecule has 0 saturated heterocycles. The van der Waals surface area contributed by atoms with Crippen molar-refractivity contribution in [2.75, 3.05) is 0 Å². The van der Waals surface area contributed by atoms with E-state index in [1.807, 2.05) is 30.3 Å². The minimum atomic E-state index is -0.511. The normalized spacial score (nSPS) is 10.4. The second kappa shape index (κ2) is 5.69. The van der Waals surface area contributed by atoms with Crippen LogP contribution in [0, 0.1) is 0 Å². The maximum atomic E-state index is 11.6. The molecule has 4 nitrogen and oxygen atoms in total. The molecule has 1 amide bonds.